The molecular weight excluding hydrogens is 408 g/mol. The van der Waals surface area contributed by atoms with E-state index in [2.05, 4.69) is 16.0 Å². The number of aliphatic hydroxyl groups is 2. The average Bonchev–Trinajstić information content (AvgIpc) is 2.65. The third-order valence-electron chi connectivity index (χ3n) is 4.96. The second-order valence-corrected chi connectivity index (χ2v) is 8.40. The third kappa shape index (κ3) is 9.62. The Bertz CT molecular complexity index is 625. The molecule has 0 aliphatic heterocycles. The largest absolute Gasteiger partial charge is 0.480 e. The molecule has 0 heterocycles. The van der Waals surface area contributed by atoms with Crippen molar-refractivity contribution in [2.45, 2.75) is 90.8 Å². The highest BCUT2D eigenvalue weighted by atomic mass is 16.4. The van der Waals surface area contributed by atoms with Crippen LogP contribution in [0.4, 0.5) is 0 Å². The molecule has 0 saturated carbocycles. The van der Waals surface area contributed by atoms with Gasteiger partial charge in [-0.2, -0.15) is 0 Å². The Labute approximate surface area is 183 Å². The fourth-order valence-corrected chi connectivity index (χ4v) is 2.86. The van der Waals surface area contributed by atoms with E-state index in [0.29, 0.717) is 12.8 Å². The first-order valence-electron chi connectivity index (χ1n) is 10.5. The molecule has 0 aliphatic rings. The fourth-order valence-electron chi connectivity index (χ4n) is 2.86. The van der Waals surface area contributed by atoms with Gasteiger partial charge in [0.05, 0.1) is 18.2 Å². The molecule has 11 nitrogen and oxygen atoms in total. The minimum atomic E-state index is -1.62. The smallest absolute Gasteiger partial charge is 0.328 e. The number of rotatable bonds is 13. The Morgan fingerprint density at radius 3 is 1.58 bits per heavy atom. The van der Waals surface area contributed by atoms with Crippen LogP contribution in [-0.4, -0.2) is 75.4 Å². The van der Waals surface area contributed by atoms with Crippen molar-refractivity contribution >= 4 is 23.7 Å². The summed E-state index contributed by atoms with van der Waals surface area (Å²) in [7, 11) is 0. The van der Waals surface area contributed by atoms with Crippen LogP contribution >= 0.6 is 0 Å². The maximum atomic E-state index is 12.9. The predicted molar refractivity (Wildman–Crippen MR) is 114 cm³/mol. The van der Waals surface area contributed by atoms with Crippen LogP contribution in [0.1, 0.15) is 54.4 Å². The molecule has 0 spiro atoms. The number of carbonyl (C=O) groups excluding carboxylic acids is 3. The van der Waals surface area contributed by atoms with Crippen molar-refractivity contribution in [3.63, 3.8) is 0 Å². The Morgan fingerprint density at radius 2 is 1.19 bits per heavy atom. The fraction of sp³-hybridized carbons (Fsp3) is 0.800. The van der Waals surface area contributed by atoms with Gasteiger partial charge in [0.15, 0.2) is 6.04 Å². The van der Waals surface area contributed by atoms with Crippen molar-refractivity contribution in [2.75, 3.05) is 0 Å². The molecule has 0 saturated heterocycles. The normalized spacial score (nSPS) is 18.1. The van der Waals surface area contributed by atoms with E-state index in [1.54, 1.807) is 6.92 Å². The number of hydrogen-bond donors (Lipinski definition) is 7. The number of nitrogens with one attached hydrogen (secondary N) is 3. The molecule has 0 aliphatic carbocycles. The van der Waals surface area contributed by atoms with Gasteiger partial charge in [-0.05, 0) is 32.1 Å². The van der Waals surface area contributed by atoms with E-state index in [1.165, 1.54) is 13.8 Å². The van der Waals surface area contributed by atoms with Crippen LogP contribution in [0.2, 0.25) is 0 Å². The first-order chi connectivity index (χ1) is 14.2. The van der Waals surface area contributed by atoms with Gasteiger partial charge in [0.1, 0.15) is 12.1 Å². The Balaban J connectivity index is 5.47. The second kappa shape index (κ2) is 13.2. The zero-order chi connectivity index (χ0) is 24.5. The molecule has 0 rings (SSSR count). The first-order valence-corrected chi connectivity index (χ1v) is 10.5. The number of nitrogens with two attached hydrogens (primary N) is 1. The summed E-state index contributed by atoms with van der Waals surface area (Å²) in [6, 6.07) is -4.94. The van der Waals surface area contributed by atoms with Crippen LogP contribution in [0.25, 0.3) is 0 Å². The van der Waals surface area contributed by atoms with Gasteiger partial charge in [0.25, 0.3) is 0 Å². The van der Waals surface area contributed by atoms with E-state index < -0.39 is 60.1 Å². The van der Waals surface area contributed by atoms with Crippen LogP contribution in [0.5, 0.6) is 0 Å². The SMILES string of the molecule is CCC(C)C(NC(=O)C(N)CC(C)C)C(=O)NC(C(=O)NC(C(=O)O)C(C)O)C(C)O. The maximum Gasteiger partial charge on any atom is 0.328 e. The van der Waals surface area contributed by atoms with Gasteiger partial charge in [-0.15, -0.1) is 0 Å². The third-order valence-corrected chi connectivity index (χ3v) is 4.96. The van der Waals surface area contributed by atoms with Crippen molar-refractivity contribution < 1.29 is 34.5 Å². The molecule has 3 amide bonds. The molecule has 8 N–H and O–H groups in total. The summed E-state index contributed by atoms with van der Waals surface area (Å²) in [6.07, 6.45) is -1.81. The van der Waals surface area contributed by atoms with Crippen molar-refractivity contribution in [1.29, 1.82) is 0 Å². The van der Waals surface area contributed by atoms with Crippen molar-refractivity contribution in [2.24, 2.45) is 17.6 Å². The number of carboxylic acid groups (broad SMARTS) is 1. The van der Waals surface area contributed by atoms with Crippen molar-refractivity contribution in [3.8, 4) is 0 Å². The minimum Gasteiger partial charge on any atom is -0.480 e. The first kappa shape index (κ1) is 28.8. The monoisotopic (exact) mass is 446 g/mol. The number of aliphatic carboxylic acids is 1. The molecule has 11 heteroatoms. The Hall–Kier alpha value is -2.24. The predicted octanol–water partition coefficient (Wildman–Crippen LogP) is -1.29. The molecule has 0 bridgehead atoms. The summed E-state index contributed by atoms with van der Waals surface area (Å²) < 4.78 is 0. The Morgan fingerprint density at radius 1 is 0.774 bits per heavy atom. The standard InChI is InChI=1S/C20H38N4O7/c1-7-10(4)14(22-17(27)13(21)8-9(2)3)18(28)23-15(11(5)25)19(29)24-16(12(6)26)20(30)31/h9-16,25-26H,7-8,21H2,1-6H3,(H,22,27)(H,23,28)(H,24,29)(H,30,31). The molecule has 0 aromatic carbocycles. The summed E-state index contributed by atoms with van der Waals surface area (Å²) in [6.45, 7) is 9.82. The number of hydrogen-bond acceptors (Lipinski definition) is 7. The zero-order valence-electron chi connectivity index (χ0n) is 19.1. The average molecular weight is 447 g/mol. The molecule has 0 aromatic heterocycles. The highest BCUT2D eigenvalue weighted by molar-refractivity contribution is 5.94. The van der Waals surface area contributed by atoms with Gasteiger partial charge >= 0.3 is 5.97 Å². The lowest BCUT2D eigenvalue weighted by Gasteiger charge is -2.29. The van der Waals surface area contributed by atoms with Gasteiger partial charge in [-0.1, -0.05) is 34.1 Å². The molecule has 31 heavy (non-hydrogen) atoms. The lowest BCUT2D eigenvalue weighted by atomic mass is 9.96. The van der Waals surface area contributed by atoms with Gasteiger partial charge in [-0.3, -0.25) is 14.4 Å². The number of carbonyl (C=O) groups is 4. The summed E-state index contributed by atoms with van der Waals surface area (Å²) >= 11 is 0. The molecular formula is C20H38N4O7. The van der Waals surface area contributed by atoms with E-state index in [9.17, 15) is 29.4 Å². The van der Waals surface area contributed by atoms with Crippen LogP contribution in [0.3, 0.4) is 0 Å². The summed E-state index contributed by atoms with van der Waals surface area (Å²) in [5.74, 6) is -3.81. The minimum absolute atomic E-state index is 0.177. The summed E-state index contributed by atoms with van der Waals surface area (Å²) in [5.41, 5.74) is 5.89. The number of amides is 3. The van der Waals surface area contributed by atoms with Crippen LogP contribution in [0.15, 0.2) is 0 Å². The van der Waals surface area contributed by atoms with E-state index in [1.807, 2.05) is 20.8 Å². The molecule has 0 fully saturated rings. The van der Waals surface area contributed by atoms with Crippen LogP contribution in [-0.2, 0) is 19.2 Å². The van der Waals surface area contributed by atoms with Gasteiger partial charge in [0, 0.05) is 0 Å². The maximum absolute atomic E-state index is 12.9. The molecule has 7 unspecified atom stereocenters. The quantitative estimate of drug-likeness (QED) is 0.182. The van der Waals surface area contributed by atoms with Crippen molar-refractivity contribution in [1.82, 2.24) is 16.0 Å². The highest BCUT2D eigenvalue weighted by Crippen LogP contribution is 2.11. The van der Waals surface area contributed by atoms with Gasteiger partial charge < -0.3 is 37.0 Å². The highest BCUT2D eigenvalue weighted by Gasteiger charge is 2.35. The molecule has 7 atom stereocenters. The molecule has 0 aromatic rings. The summed E-state index contributed by atoms with van der Waals surface area (Å²) in [4.78, 5) is 49.0. The molecule has 0 radical (unpaired) electrons. The second-order valence-electron chi connectivity index (χ2n) is 8.40. The molecule has 180 valence electrons. The lowest BCUT2D eigenvalue weighted by Crippen LogP contribution is -2.61. The summed E-state index contributed by atoms with van der Waals surface area (Å²) in [5, 5.41) is 35.7. The topological polar surface area (TPSA) is 191 Å². The zero-order valence-corrected chi connectivity index (χ0v) is 19.1. The van der Waals surface area contributed by atoms with Crippen LogP contribution in [0, 0.1) is 11.8 Å². The van der Waals surface area contributed by atoms with Crippen molar-refractivity contribution in [3.05, 3.63) is 0 Å². The van der Waals surface area contributed by atoms with Crippen LogP contribution < -0.4 is 21.7 Å². The Kier molecular flexibility index (Phi) is 12.3. The van der Waals surface area contributed by atoms with E-state index >= 15 is 0 Å². The van der Waals surface area contributed by atoms with E-state index in [0.717, 1.165) is 0 Å². The van der Waals surface area contributed by atoms with Gasteiger partial charge in [0.2, 0.25) is 17.7 Å². The lowest BCUT2D eigenvalue weighted by molar-refractivity contribution is -0.146. The van der Waals surface area contributed by atoms with E-state index in [4.69, 9.17) is 10.8 Å². The van der Waals surface area contributed by atoms with Gasteiger partial charge in [-0.25, -0.2) is 4.79 Å². The number of aliphatic hydroxyl groups excluding tert-OH is 2. The van der Waals surface area contributed by atoms with E-state index in [-0.39, 0.29) is 11.8 Å². The number of carboxylic acids is 1.